The Hall–Kier alpha value is -3.11. The number of hydrogen-bond acceptors (Lipinski definition) is 6. The molecule has 2 aromatic rings. The second-order valence-corrected chi connectivity index (χ2v) is 4.70. The van der Waals surface area contributed by atoms with Gasteiger partial charge in [-0.1, -0.05) is 11.6 Å². The molecule has 0 atom stereocenters. The first-order valence-electron chi connectivity index (χ1n) is 6.20. The van der Waals surface area contributed by atoms with Crippen molar-refractivity contribution < 1.29 is 19.2 Å². The first kappa shape index (κ1) is 16.3. The second kappa shape index (κ2) is 6.77. The van der Waals surface area contributed by atoms with Crippen LogP contribution in [0.25, 0.3) is 0 Å². The van der Waals surface area contributed by atoms with Gasteiger partial charge in [-0.25, -0.2) is 4.79 Å². The molecule has 0 unspecified atom stereocenters. The summed E-state index contributed by atoms with van der Waals surface area (Å²) in [6, 6.07) is 9.73. The topological polar surface area (TPSA) is 102 Å². The molecule has 0 aromatic heterocycles. The fourth-order valence-electron chi connectivity index (χ4n) is 1.76. The normalized spacial score (nSPS) is 9.78. The van der Waals surface area contributed by atoms with Gasteiger partial charge in [0.05, 0.1) is 34.3 Å². The Bertz CT molecular complexity index is 829. The molecule has 0 radical (unpaired) electrons. The maximum Gasteiger partial charge on any atom is 0.337 e. The number of ether oxygens (including phenoxy) is 2. The van der Waals surface area contributed by atoms with E-state index in [2.05, 4.69) is 4.74 Å². The monoisotopic (exact) mass is 332 g/mol. The molecule has 0 aliphatic carbocycles. The fourth-order valence-corrected chi connectivity index (χ4v) is 1.92. The molecule has 0 amide bonds. The summed E-state index contributed by atoms with van der Waals surface area (Å²) in [5.41, 5.74) is 0.00733. The van der Waals surface area contributed by atoms with Gasteiger partial charge in [-0.15, -0.1) is 0 Å². The molecule has 2 aromatic carbocycles. The zero-order chi connectivity index (χ0) is 17.0. The van der Waals surface area contributed by atoms with Crippen molar-refractivity contribution in [3.63, 3.8) is 0 Å². The third kappa shape index (κ3) is 3.56. The summed E-state index contributed by atoms with van der Waals surface area (Å²) in [6.07, 6.45) is 0. The Morgan fingerprint density at radius 1 is 1.26 bits per heavy atom. The van der Waals surface area contributed by atoms with Crippen molar-refractivity contribution in [3.05, 3.63) is 62.7 Å². The van der Waals surface area contributed by atoms with E-state index in [0.717, 1.165) is 6.07 Å². The molecule has 0 spiro atoms. The molecule has 0 bridgehead atoms. The Morgan fingerprint density at radius 2 is 2.00 bits per heavy atom. The first-order valence-corrected chi connectivity index (χ1v) is 6.58. The molecule has 2 rings (SSSR count). The molecule has 0 N–H and O–H groups in total. The zero-order valence-electron chi connectivity index (χ0n) is 11.8. The minimum absolute atomic E-state index is 0.0656. The van der Waals surface area contributed by atoms with Gasteiger partial charge < -0.3 is 9.47 Å². The summed E-state index contributed by atoms with van der Waals surface area (Å²) in [7, 11) is 1.19. The van der Waals surface area contributed by atoms with Gasteiger partial charge in [-0.05, 0) is 18.2 Å². The summed E-state index contributed by atoms with van der Waals surface area (Å²) in [5, 5.41) is 20.2. The zero-order valence-corrected chi connectivity index (χ0v) is 12.5. The predicted octanol–water partition coefficient (Wildman–Crippen LogP) is 3.70. The highest BCUT2D eigenvalue weighted by Crippen LogP contribution is 2.36. The van der Waals surface area contributed by atoms with Gasteiger partial charge in [0.1, 0.15) is 5.75 Å². The van der Waals surface area contributed by atoms with Gasteiger partial charge in [0, 0.05) is 18.2 Å². The molecule has 0 heterocycles. The summed E-state index contributed by atoms with van der Waals surface area (Å²) >= 11 is 5.97. The van der Waals surface area contributed by atoms with Gasteiger partial charge in [0.2, 0.25) is 5.75 Å². The maximum absolute atomic E-state index is 11.5. The highest BCUT2D eigenvalue weighted by Gasteiger charge is 2.20. The van der Waals surface area contributed by atoms with Gasteiger partial charge in [-0.2, -0.15) is 5.26 Å². The number of rotatable bonds is 4. The Balaban J connectivity index is 2.51. The van der Waals surface area contributed by atoms with Crippen LogP contribution in [0.5, 0.6) is 11.5 Å². The van der Waals surface area contributed by atoms with E-state index in [0.29, 0.717) is 0 Å². The van der Waals surface area contributed by atoms with Crippen molar-refractivity contribution >= 4 is 23.3 Å². The van der Waals surface area contributed by atoms with Gasteiger partial charge >= 0.3 is 11.7 Å². The summed E-state index contributed by atoms with van der Waals surface area (Å²) in [4.78, 5) is 22.0. The molecule has 23 heavy (non-hydrogen) atoms. The standard InChI is InChI=1S/C15H9ClN2O5/c1-22-15(19)10-3-5-12(18(20)21)14(7-10)23-13-6-9(8-17)2-4-11(13)16/h2-7H,1H3. The van der Waals surface area contributed by atoms with E-state index in [4.69, 9.17) is 21.6 Å². The van der Waals surface area contributed by atoms with Crippen LogP contribution in [0.1, 0.15) is 15.9 Å². The number of nitrogens with zero attached hydrogens (tertiary/aromatic N) is 2. The van der Waals surface area contributed by atoms with Crippen molar-refractivity contribution in [2.45, 2.75) is 0 Å². The van der Waals surface area contributed by atoms with E-state index >= 15 is 0 Å². The lowest BCUT2D eigenvalue weighted by atomic mass is 10.2. The average molecular weight is 333 g/mol. The summed E-state index contributed by atoms with van der Waals surface area (Å²) in [6.45, 7) is 0. The Morgan fingerprint density at radius 3 is 2.61 bits per heavy atom. The molecular formula is C15H9ClN2O5. The molecule has 116 valence electrons. The number of carbonyl (C=O) groups excluding carboxylic acids is 1. The highest BCUT2D eigenvalue weighted by molar-refractivity contribution is 6.32. The number of esters is 1. The van der Waals surface area contributed by atoms with E-state index in [9.17, 15) is 14.9 Å². The largest absolute Gasteiger partial charge is 0.465 e. The number of nitriles is 1. The van der Waals surface area contributed by atoms with Crippen LogP contribution in [0.2, 0.25) is 5.02 Å². The number of nitro benzene ring substituents is 1. The lowest BCUT2D eigenvalue weighted by Gasteiger charge is -2.09. The van der Waals surface area contributed by atoms with Crippen LogP contribution in [0, 0.1) is 21.4 Å². The number of hydrogen-bond donors (Lipinski definition) is 0. The van der Waals surface area contributed by atoms with Crippen LogP contribution in [0.4, 0.5) is 5.69 Å². The minimum atomic E-state index is -0.665. The lowest BCUT2D eigenvalue weighted by Crippen LogP contribution is -2.03. The Kier molecular flexibility index (Phi) is 4.79. The number of nitro groups is 1. The SMILES string of the molecule is COC(=O)c1ccc([N+](=O)[O-])c(Oc2cc(C#N)ccc2Cl)c1. The van der Waals surface area contributed by atoms with Crippen molar-refractivity contribution in [1.29, 1.82) is 5.26 Å². The number of halogens is 1. The molecule has 8 heteroatoms. The third-order valence-electron chi connectivity index (χ3n) is 2.86. The Labute approximate surface area is 135 Å². The van der Waals surface area contributed by atoms with Gasteiger partial charge in [0.25, 0.3) is 0 Å². The summed E-state index contributed by atoms with van der Waals surface area (Å²) in [5.74, 6) is -0.785. The van der Waals surface area contributed by atoms with Crippen molar-refractivity contribution in [2.24, 2.45) is 0 Å². The first-order chi connectivity index (χ1) is 11.0. The van der Waals surface area contributed by atoms with Gasteiger partial charge in [-0.3, -0.25) is 10.1 Å². The van der Waals surface area contributed by atoms with Crippen LogP contribution in [0.3, 0.4) is 0 Å². The van der Waals surface area contributed by atoms with Gasteiger partial charge in [0.15, 0.2) is 0 Å². The molecule has 0 fully saturated rings. The van der Waals surface area contributed by atoms with Crippen molar-refractivity contribution in [1.82, 2.24) is 0 Å². The van der Waals surface area contributed by atoms with Crippen LogP contribution in [-0.4, -0.2) is 18.0 Å². The van der Waals surface area contributed by atoms with E-state index in [-0.39, 0.29) is 33.3 Å². The molecular weight excluding hydrogens is 324 g/mol. The smallest absolute Gasteiger partial charge is 0.337 e. The van der Waals surface area contributed by atoms with Crippen LogP contribution < -0.4 is 4.74 Å². The fraction of sp³-hybridized carbons (Fsp3) is 0.0667. The quantitative estimate of drug-likeness (QED) is 0.480. The molecule has 0 aliphatic heterocycles. The molecule has 0 saturated carbocycles. The molecule has 0 saturated heterocycles. The van der Waals surface area contributed by atoms with E-state index in [1.165, 1.54) is 37.4 Å². The van der Waals surface area contributed by atoms with Crippen LogP contribution >= 0.6 is 11.6 Å². The second-order valence-electron chi connectivity index (χ2n) is 4.29. The van der Waals surface area contributed by atoms with Crippen LogP contribution in [-0.2, 0) is 4.74 Å². The minimum Gasteiger partial charge on any atom is -0.465 e. The predicted molar refractivity (Wildman–Crippen MR) is 80.7 cm³/mol. The third-order valence-corrected chi connectivity index (χ3v) is 3.17. The van der Waals surface area contributed by atoms with E-state index < -0.39 is 10.9 Å². The maximum atomic E-state index is 11.5. The number of methoxy groups -OCH3 is 1. The van der Waals surface area contributed by atoms with Crippen LogP contribution in [0.15, 0.2) is 36.4 Å². The lowest BCUT2D eigenvalue weighted by molar-refractivity contribution is -0.385. The van der Waals surface area contributed by atoms with E-state index in [1.54, 1.807) is 0 Å². The number of carbonyl (C=O) groups is 1. The highest BCUT2D eigenvalue weighted by atomic mass is 35.5. The average Bonchev–Trinajstić information content (AvgIpc) is 2.55. The van der Waals surface area contributed by atoms with Crippen molar-refractivity contribution in [2.75, 3.05) is 7.11 Å². The number of benzene rings is 2. The molecule has 0 aliphatic rings. The van der Waals surface area contributed by atoms with Crippen molar-refractivity contribution in [3.8, 4) is 17.6 Å². The van der Waals surface area contributed by atoms with E-state index in [1.807, 2.05) is 6.07 Å². The molecule has 7 nitrogen and oxygen atoms in total. The summed E-state index contributed by atoms with van der Waals surface area (Å²) < 4.78 is 10.0.